The number of alkyl halides is 1. The predicted molar refractivity (Wildman–Crippen MR) is 53.3 cm³/mol. The van der Waals surface area contributed by atoms with Gasteiger partial charge in [0.1, 0.15) is 0 Å². The topological polar surface area (TPSA) is 0 Å². The first kappa shape index (κ1) is 8.37. The third-order valence-electron chi connectivity index (χ3n) is 3.18. The Kier molecular flexibility index (Phi) is 2.04. The fourth-order valence-corrected chi connectivity index (χ4v) is 3.10. The van der Waals surface area contributed by atoms with Crippen LogP contribution >= 0.6 is 11.6 Å². The summed E-state index contributed by atoms with van der Waals surface area (Å²) in [6, 6.07) is 0. The van der Waals surface area contributed by atoms with Gasteiger partial charge < -0.3 is 0 Å². The van der Waals surface area contributed by atoms with E-state index in [-0.39, 0.29) is 0 Å². The lowest BCUT2D eigenvalue weighted by Gasteiger charge is -2.20. The Morgan fingerprint density at radius 3 is 2.75 bits per heavy atom. The van der Waals surface area contributed by atoms with Crippen molar-refractivity contribution in [2.24, 2.45) is 17.8 Å². The summed E-state index contributed by atoms with van der Waals surface area (Å²) in [6.07, 6.45) is 6.03. The Morgan fingerprint density at radius 1 is 1.50 bits per heavy atom. The molecule has 0 radical (unpaired) electrons. The smallest absolute Gasteiger partial charge is 0.0295 e. The zero-order chi connectivity index (χ0) is 8.72. The van der Waals surface area contributed by atoms with E-state index in [1.54, 1.807) is 5.57 Å². The highest BCUT2D eigenvalue weighted by Crippen LogP contribution is 2.49. The zero-order valence-electron chi connectivity index (χ0n) is 7.68. The van der Waals surface area contributed by atoms with Crippen molar-refractivity contribution in [2.45, 2.75) is 20.3 Å². The van der Waals surface area contributed by atoms with Gasteiger partial charge in [-0.2, -0.15) is 0 Å². The molecule has 0 nitrogen and oxygen atoms in total. The van der Waals surface area contributed by atoms with Gasteiger partial charge in [0.05, 0.1) is 0 Å². The molecule has 0 amide bonds. The highest BCUT2D eigenvalue weighted by molar-refractivity contribution is 6.18. The Morgan fingerprint density at radius 2 is 2.25 bits per heavy atom. The maximum atomic E-state index is 5.97. The molecule has 1 fully saturated rings. The molecule has 66 valence electrons. The summed E-state index contributed by atoms with van der Waals surface area (Å²) in [6.45, 7) is 4.42. The summed E-state index contributed by atoms with van der Waals surface area (Å²) < 4.78 is 0. The summed E-state index contributed by atoms with van der Waals surface area (Å²) in [5.41, 5.74) is 3.11. The van der Waals surface area contributed by atoms with E-state index in [1.165, 1.54) is 12.0 Å². The molecule has 1 saturated carbocycles. The normalized spacial score (nSPS) is 37.9. The fourth-order valence-electron chi connectivity index (χ4n) is 2.70. The molecular formula is C11H15Cl. The highest BCUT2D eigenvalue weighted by Gasteiger charge is 2.39. The quantitative estimate of drug-likeness (QED) is 0.431. The summed E-state index contributed by atoms with van der Waals surface area (Å²) >= 11 is 5.97. The maximum absolute atomic E-state index is 5.97. The first-order valence-corrected chi connectivity index (χ1v) is 5.19. The second-order valence-electron chi connectivity index (χ2n) is 4.11. The van der Waals surface area contributed by atoms with Crippen LogP contribution in [0.1, 0.15) is 20.3 Å². The van der Waals surface area contributed by atoms with E-state index in [9.17, 15) is 0 Å². The molecule has 0 aromatic carbocycles. The van der Waals surface area contributed by atoms with Crippen LogP contribution in [0.2, 0.25) is 0 Å². The lowest BCUT2D eigenvalue weighted by molar-refractivity contribution is 0.559. The zero-order valence-corrected chi connectivity index (χ0v) is 8.43. The Labute approximate surface area is 79.3 Å². The van der Waals surface area contributed by atoms with Crippen LogP contribution in [0.3, 0.4) is 0 Å². The van der Waals surface area contributed by atoms with Gasteiger partial charge in [-0.05, 0) is 32.1 Å². The minimum absolute atomic E-state index is 0.645. The number of hydrogen-bond donors (Lipinski definition) is 0. The van der Waals surface area contributed by atoms with Crippen molar-refractivity contribution in [3.63, 3.8) is 0 Å². The summed E-state index contributed by atoms with van der Waals surface area (Å²) in [7, 11) is 0. The fraction of sp³-hybridized carbons (Fsp3) is 0.636. The third kappa shape index (κ3) is 1.05. The number of rotatable bonds is 1. The van der Waals surface area contributed by atoms with E-state index in [0.717, 1.165) is 17.7 Å². The van der Waals surface area contributed by atoms with Crippen LogP contribution in [-0.4, -0.2) is 5.88 Å². The van der Waals surface area contributed by atoms with Crippen molar-refractivity contribution >= 4 is 11.6 Å². The van der Waals surface area contributed by atoms with Gasteiger partial charge in [0.25, 0.3) is 0 Å². The molecule has 0 heterocycles. The monoisotopic (exact) mass is 182 g/mol. The van der Waals surface area contributed by atoms with Crippen LogP contribution in [0, 0.1) is 17.8 Å². The Balaban J connectivity index is 2.35. The lowest BCUT2D eigenvalue weighted by Crippen LogP contribution is -2.12. The number of fused-ring (bicyclic) bond motifs is 2. The van der Waals surface area contributed by atoms with E-state index in [2.05, 4.69) is 26.0 Å². The summed E-state index contributed by atoms with van der Waals surface area (Å²) in [5, 5.41) is 0. The number of hydrogen-bond acceptors (Lipinski definition) is 0. The van der Waals surface area contributed by atoms with E-state index < -0.39 is 0 Å². The second-order valence-corrected chi connectivity index (χ2v) is 4.42. The Bertz CT molecular complexity index is 246. The van der Waals surface area contributed by atoms with Crippen molar-refractivity contribution in [1.82, 2.24) is 0 Å². The van der Waals surface area contributed by atoms with Crippen molar-refractivity contribution < 1.29 is 0 Å². The van der Waals surface area contributed by atoms with Gasteiger partial charge in [0, 0.05) is 11.8 Å². The van der Waals surface area contributed by atoms with Gasteiger partial charge in [-0.15, -0.1) is 11.6 Å². The molecule has 3 atom stereocenters. The van der Waals surface area contributed by atoms with Crippen LogP contribution in [0.15, 0.2) is 23.3 Å². The molecule has 2 bridgehead atoms. The molecule has 0 aromatic heterocycles. The minimum Gasteiger partial charge on any atom is -0.126 e. The lowest BCUT2D eigenvalue weighted by atomic mass is 9.87. The molecule has 3 unspecified atom stereocenters. The van der Waals surface area contributed by atoms with E-state index in [0.29, 0.717) is 5.92 Å². The molecule has 12 heavy (non-hydrogen) atoms. The van der Waals surface area contributed by atoms with Gasteiger partial charge in [0.2, 0.25) is 0 Å². The molecule has 0 saturated heterocycles. The summed E-state index contributed by atoms with van der Waals surface area (Å²) in [4.78, 5) is 0. The van der Waals surface area contributed by atoms with E-state index in [4.69, 9.17) is 11.6 Å². The van der Waals surface area contributed by atoms with Crippen molar-refractivity contribution in [3.8, 4) is 0 Å². The predicted octanol–water partition coefficient (Wildman–Crippen LogP) is 3.38. The number of allylic oxidation sites excluding steroid dienone is 4. The maximum Gasteiger partial charge on any atom is 0.0295 e. The molecule has 2 aliphatic rings. The molecular weight excluding hydrogens is 168 g/mol. The first-order valence-electron chi connectivity index (χ1n) is 4.65. The van der Waals surface area contributed by atoms with Crippen molar-refractivity contribution in [3.05, 3.63) is 23.3 Å². The molecule has 2 rings (SSSR count). The molecule has 0 aliphatic heterocycles. The largest absolute Gasteiger partial charge is 0.126 e. The third-order valence-corrected chi connectivity index (χ3v) is 3.51. The van der Waals surface area contributed by atoms with Crippen LogP contribution in [-0.2, 0) is 0 Å². The molecule has 0 aromatic rings. The molecule has 0 spiro atoms. The SMILES string of the molecule is CC(C)=C1C2C=CC(C2)C1CCl. The van der Waals surface area contributed by atoms with E-state index in [1.807, 2.05) is 0 Å². The van der Waals surface area contributed by atoms with Crippen LogP contribution in [0.4, 0.5) is 0 Å². The average molecular weight is 183 g/mol. The van der Waals surface area contributed by atoms with Gasteiger partial charge in [-0.1, -0.05) is 23.3 Å². The molecule has 1 heteroatoms. The van der Waals surface area contributed by atoms with Gasteiger partial charge in [0.15, 0.2) is 0 Å². The van der Waals surface area contributed by atoms with Gasteiger partial charge in [-0.3, -0.25) is 0 Å². The molecule has 0 N–H and O–H groups in total. The van der Waals surface area contributed by atoms with Gasteiger partial charge >= 0.3 is 0 Å². The Hall–Kier alpha value is -0.230. The van der Waals surface area contributed by atoms with Crippen LogP contribution in [0.5, 0.6) is 0 Å². The van der Waals surface area contributed by atoms with Crippen LogP contribution in [0.25, 0.3) is 0 Å². The first-order chi connectivity index (χ1) is 5.74. The minimum atomic E-state index is 0.645. The van der Waals surface area contributed by atoms with Crippen molar-refractivity contribution in [2.75, 3.05) is 5.88 Å². The second kappa shape index (κ2) is 2.92. The number of halogens is 1. The standard InChI is InChI=1S/C11H15Cl/c1-7(2)11-9-4-3-8(5-9)10(11)6-12/h3-4,8-10H,5-6H2,1-2H3. The van der Waals surface area contributed by atoms with Crippen molar-refractivity contribution in [1.29, 1.82) is 0 Å². The molecule has 2 aliphatic carbocycles. The summed E-state index contributed by atoms with van der Waals surface area (Å²) in [5.74, 6) is 2.92. The highest BCUT2D eigenvalue weighted by atomic mass is 35.5. The van der Waals surface area contributed by atoms with Gasteiger partial charge in [-0.25, -0.2) is 0 Å². The van der Waals surface area contributed by atoms with E-state index >= 15 is 0 Å². The average Bonchev–Trinajstić information content (AvgIpc) is 2.60. The van der Waals surface area contributed by atoms with Crippen LogP contribution < -0.4 is 0 Å².